The Balaban J connectivity index is 1.82. The van der Waals surface area contributed by atoms with E-state index in [1.54, 1.807) is 23.6 Å². The highest BCUT2D eigenvalue weighted by molar-refractivity contribution is 7.99. The van der Waals surface area contributed by atoms with Crippen molar-refractivity contribution in [3.8, 4) is 6.07 Å². The van der Waals surface area contributed by atoms with Crippen molar-refractivity contribution in [3.63, 3.8) is 0 Å². The summed E-state index contributed by atoms with van der Waals surface area (Å²) in [6.45, 7) is 0. The monoisotopic (exact) mass is 337 g/mol. The zero-order valence-corrected chi connectivity index (χ0v) is 13.3. The summed E-state index contributed by atoms with van der Waals surface area (Å²) in [5.74, 6) is 0.516. The molecule has 0 atom stereocenters. The molecule has 1 heterocycles. The molecule has 21 heavy (non-hydrogen) atoms. The predicted molar refractivity (Wildman–Crippen MR) is 88.9 cm³/mol. The van der Waals surface area contributed by atoms with Crippen molar-refractivity contribution < 1.29 is 4.79 Å². The molecule has 0 fully saturated rings. The summed E-state index contributed by atoms with van der Waals surface area (Å²) in [6, 6.07) is 9.13. The van der Waals surface area contributed by atoms with Crippen LogP contribution in [0, 0.1) is 11.3 Å². The molecule has 2 aromatic rings. The Morgan fingerprint density at radius 1 is 1.48 bits per heavy atom. The Hall–Kier alpha value is -1.68. The van der Waals surface area contributed by atoms with Gasteiger partial charge in [0.1, 0.15) is 11.1 Å². The zero-order chi connectivity index (χ0) is 15.2. The Morgan fingerprint density at radius 2 is 2.29 bits per heavy atom. The first-order valence-electron chi connectivity index (χ1n) is 6.05. The summed E-state index contributed by atoms with van der Waals surface area (Å²) in [7, 11) is 0. The quantitative estimate of drug-likeness (QED) is 0.639. The van der Waals surface area contributed by atoms with Crippen LogP contribution in [0.1, 0.15) is 12.0 Å². The van der Waals surface area contributed by atoms with E-state index in [1.165, 1.54) is 23.1 Å². The Labute approximate surface area is 135 Å². The number of amides is 1. The Kier molecular flexibility index (Phi) is 5.51. The number of hydrogen-bond donors (Lipinski definition) is 2. The molecule has 2 rings (SSSR count). The van der Waals surface area contributed by atoms with Crippen LogP contribution in [0.2, 0.25) is 5.02 Å². The topological polar surface area (TPSA) is 78.9 Å². The number of thiophene rings is 1. The third kappa shape index (κ3) is 4.39. The van der Waals surface area contributed by atoms with Gasteiger partial charge in [0.2, 0.25) is 5.91 Å². The molecule has 0 spiro atoms. The van der Waals surface area contributed by atoms with Gasteiger partial charge in [-0.3, -0.25) is 4.79 Å². The van der Waals surface area contributed by atoms with Gasteiger partial charge in [0.15, 0.2) is 0 Å². The minimum Gasteiger partial charge on any atom is -0.398 e. The molecule has 1 aromatic carbocycles. The molecule has 0 radical (unpaired) electrons. The van der Waals surface area contributed by atoms with Crippen molar-refractivity contribution in [1.82, 2.24) is 0 Å². The summed E-state index contributed by atoms with van der Waals surface area (Å²) in [5, 5.41) is 14.5. The maximum absolute atomic E-state index is 11.8. The molecule has 0 unspecified atom stereocenters. The number of hydrogen-bond acceptors (Lipinski definition) is 5. The molecule has 1 amide bonds. The first-order valence-corrected chi connectivity index (χ1v) is 8.29. The number of nitrogens with zero attached hydrogens (tertiary/aromatic N) is 1. The molecule has 108 valence electrons. The number of nitrogen functional groups attached to an aromatic ring is 1. The Morgan fingerprint density at radius 3 is 3.00 bits per heavy atom. The van der Waals surface area contributed by atoms with E-state index in [0.717, 1.165) is 4.90 Å². The van der Waals surface area contributed by atoms with Crippen LogP contribution < -0.4 is 11.1 Å². The number of anilines is 2. The molecule has 7 heteroatoms. The first-order chi connectivity index (χ1) is 10.1. The van der Waals surface area contributed by atoms with Crippen LogP contribution in [0.4, 0.5) is 10.7 Å². The van der Waals surface area contributed by atoms with Gasteiger partial charge < -0.3 is 11.1 Å². The van der Waals surface area contributed by atoms with Crippen molar-refractivity contribution >= 4 is 51.3 Å². The maximum Gasteiger partial charge on any atom is 0.225 e. The molecule has 3 N–H and O–H groups in total. The minimum atomic E-state index is -0.108. The lowest BCUT2D eigenvalue weighted by Crippen LogP contribution is -2.11. The fourth-order valence-electron chi connectivity index (χ4n) is 1.54. The van der Waals surface area contributed by atoms with Crippen LogP contribution in [0.3, 0.4) is 0 Å². The number of thioether (sulfide) groups is 1. The number of nitriles is 1. The molecule has 0 aliphatic carbocycles. The van der Waals surface area contributed by atoms with E-state index in [2.05, 4.69) is 5.32 Å². The highest BCUT2D eigenvalue weighted by Gasteiger charge is 2.08. The van der Waals surface area contributed by atoms with E-state index in [0.29, 0.717) is 33.4 Å². The van der Waals surface area contributed by atoms with Gasteiger partial charge in [-0.15, -0.1) is 23.1 Å². The maximum atomic E-state index is 11.8. The van der Waals surface area contributed by atoms with Crippen LogP contribution in [0.25, 0.3) is 0 Å². The Bertz CT molecular complexity index is 694. The van der Waals surface area contributed by atoms with Crippen LogP contribution in [-0.4, -0.2) is 11.7 Å². The smallest absolute Gasteiger partial charge is 0.225 e. The van der Waals surface area contributed by atoms with Gasteiger partial charge in [-0.25, -0.2) is 0 Å². The number of carbonyl (C=O) groups excluding carboxylic acids is 1. The van der Waals surface area contributed by atoms with Crippen LogP contribution >= 0.6 is 34.7 Å². The molecule has 1 aromatic heterocycles. The van der Waals surface area contributed by atoms with Gasteiger partial charge in [-0.05, 0) is 29.6 Å². The summed E-state index contributed by atoms with van der Waals surface area (Å²) in [4.78, 5) is 12.8. The zero-order valence-electron chi connectivity index (χ0n) is 10.9. The number of rotatable bonds is 5. The predicted octanol–water partition coefficient (Wildman–Crippen LogP) is 3.98. The van der Waals surface area contributed by atoms with Gasteiger partial charge in [0.05, 0.1) is 16.3 Å². The van der Waals surface area contributed by atoms with E-state index in [9.17, 15) is 4.79 Å². The number of benzene rings is 1. The molecule has 0 aliphatic rings. The second-order valence-electron chi connectivity index (χ2n) is 4.11. The SMILES string of the molecule is N#Cc1ccsc1NC(=O)CCSc1ccc(N)c(Cl)c1. The van der Waals surface area contributed by atoms with E-state index in [4.69, 9.17) is 22.6 Å². The van der Waals surface area contributed by atoms with E-state index in [1.807, 2.05) is 12.1 Å². The number of nitrogens with one attached hydrogen (secondary N) is 1. The lowest BCUT2D eigenvalue weighted by atomic mass is 10.3. The summed E-state index contributed by atoms with van der Waals surface area (Å²) >= 11 is 8.81. The van der Waals surface area contributed by atoms with Crippen molar-refractivity contribution in [2.24, 2.45) is 0 Å². The van der Waals surface area contributed by atoms with Crippen molar-refractivity contribution in [3.05, 3.63) is 40.2 Å². The van der Waals surface area contributed by atoms with Gasteiger partial charge in [-0.1, -0.05) is 11.6 Å². The van der Waals surface area contributed by atoms with Gasteiger partial charge in [0, 0.05) is 17.1 Å². The number of nitrogens with two attached hydrogens (primary N) is 1. The normalized spacial score (nSPS) is 10.1. The second-order valence-corrected chi connectivity index (χ2v) is 6.60. The number of carbonyl (C=O) groups is 1. The fourth-order valence-corrected chi connectivity index (χ4v) is 3.43. The molecule has 0 saturated carbocycles. The summed E-state index contributed by atoms with van der Waals surface area (Å²) in [6.07, 6.45) is 0.357. The molecule has 0 bridgehead atoms. The summed E-state index contributed by atoms with van der Waals surface area (Å²) < 4.78 is 0. The molecule has 4 nitrogen and oxygen atoms in total. The third-order valence-electron chi connectivity index (χ3n) is 2.61. The van der Waals surface area contributed by atoms with Gasteiger partial charge in [0.25, 0.3) is 0 Å². The van der Waals surface area contributed by atoms with E-state index >= 15 is 0 Å². The summed E-state index contributed by atoms with van der Waals surface area (Å²) in [5.41, 5.74) is 6.67. The van der Waals surface area contributed by atoms with Crippen molar-refractivity contribution in [1.29, 1.82) is 5.26 Å². The highest BCUT2D eigenvalue weighted by atomic mass is 35.5. The van der Waals surface area contributed by atoms with Crippen LogP contribution in [-0.2, 0) is 4.79 Å². The van der Waals surface area contributed by atoms with E-state index < -0.39 is 0 Å². The standard InChI is InChI=1S/C14H12ClN3OS2/c15-11-7-10(1-2-12(11)17)20-6-4-13(19)18-14-9(8-16)3-5-21-14/h1-3,5,7H,4,6,17H2,(H,18,19). The highest BCUT2D eigenvalue weighted by Crippen LogP contribution is 2.27. The van der Waals surface area contributed by atoms with Crippen LogP contribution in [0.15, 0.2) is 34.5 Å². The fraction of sp³-hybridized carbons (Fsp3) is 0.143. The minimum absolute atomic E-state index is 0.108. The first kappa shape index (κ1) is 15.7. The van der Waals surface area contributed by atoms with Gasteiger partial charge in [-0.2, -0.15) is 5.26 Å². The second kappa shape index (κ2) is 7.36. The lowest BCUT2D eigenvalue weighted by Gasteiger charge is -2.05. The molecular weight excluding hydrogens is 326 g/mol. The number of halogens is 1. The van der Waals surface area contributed by atoms with Crippen LogP contribution in [0.5, 0.6) is 0 Å². The van der Waals surface area contributed by atoms with E-state index in [-0.39, 0.29) is 5.91 Å². The molecular formula is C14H12ClN3OS2. The molecule has 0 aliphatic heterocycles. The van der Waals surface area contributed by atoms with Crippen molar-refractivity contribution in [2.45, 2.75) is 11.3 Å². The average Bonchev–Trinajstić information content (AvgIpc) is 2.90. The molecule has 0 saturated heterocycles. The van der Waals surface area contributed by atoms with Crippen molar-refractivity contribution in [2.75, 3.05) is 16.8 Å². The average molecular weight is 338 g/mol. The largest absolute Gasteiger partial charge is 0.398 e. The van der Waals surface area contributed by atoms with Gasteiger partial charge >= 0.3 is 0 Å². The third-order valence-corrected chi connectivity index (χ3v) is 4.76. The lowest BCUT2D eigenvalue weighted by molar-refractivity contribution is -0.115.